The molecule has 0 aliphatic carbocycles. The Bertz CT molecular complexity index is 572. The zero-order valence-electron chi connectivity index (χ0n) is 10.5. The van der Waals surface area contributed by atoms with Gasteiger partial charge in [0.1, 0.15) is 10.8 Å². The van der Waals surface area contributed by atoms with Gasteiger partial charge in [-0.05, 0) is 24.3 Å². The maximum atomic E-state index is 12.9. The van der Waals surface area contributed by atoms with E-state index in [-0.39, 0.29) is 11.2 Å². The number of aromatic nitrogens is 1. The summed E-state index contributed by atoms with van der Waals surface area (Å²) in [6, 6.07) is 6.55. The number of nitrogens with zero attached hydrogens (tertiary/aromatic N) is 1. The number of benzene rings is 1. The van der Waals surface area contributed by atoms with Crippen LogP contribution in [0.15, 0.2) is 24.3 Å². The van der Waals surface area contributed by atoms with Crippen LogP contribution in [0.5, 0.6) is 0 Å². The average molecular weight is 262 g/mol. The molecule has 1 N–H and O–H groups in total. The van der Waals surface area contributed by atoms with Crippen LogP contribution in [0.4, 0.5) is 4.39 Å². The Balaban J connectivity index is 2.05. The van der Waals surface area contributed by atoms with Gasteiger partial charge in [-0.3, -0.25) is 0 Å². The van der Waals surface area contributed by atoms with Crippen molar-refractivity contribution < 1.29 is 4.39 Å². The largest absolute Gasteiger partial charge is 0.311 e. The standard InChI is InChI=1S/C14H15FN2S/c1-14(2)8-16-7-11-12(14)17-13(18-11)9-3-5-10(15)6-4-9/h3-6,16H,7-8H2,1-2H3. The lowest BCUT2D eigenvalue weighted by molar-refractivity contribution is 0.428. The zero-order chi connectivity index (χ0) is 12.8. The smallest absolute Gasteiger partial charge is 0.123 e. The van der Waals surface area contributed by atoms with Gasteiger partial charge >= 0.3 is 0 Å². The van der Waals surface area contributed by atoms with Crippen LogP contribution in [0.25, 0.3) is 10.6 Å². The number of nitrogens with one attached hydrogen (secondary N) is 1. The van der Waals surface area contributed by atoms with Gasteiger partial charge in [0.05, 0.1) is 5.69 Å². The molecule has 2 nitrogen and oxygen atoms in total. The van der Waals surface area contributed by atoms with Crippen molar-refractivity contribution in [1.82, 2.24) is 10.3 Å². The first-order chi connectivity index (χ1) is 8.56. The fraction of sp³-hybridized carbons (Fsp3) is 0.357. The number of hydrogen-bond acceptors (Lipinski definition) is 3. The van der Waals surface area contributed by atoms with Gasteiger partial charge in [0, 0.05) is 28.9 Å². The van der Waals surface area contributed by atoms with E-state index in [1.165, 1.54) is 22.7 Å². The second kappa shape index (κ2) is 4.14. The van der Waals surface area contributed by atoms with Gasteiger partial charge in [-0.25, -0.2) is 9.37 Å². The molecule has 1 aromatic heterocycles. The molecule has 1 aliphatic rings. The van der Waals surface area contributed by atoms with Crippen molar-refractivity contribution in [2.75, 3.05) is 6.54 Å². The Labute approximate surface area is 110 Å². The molecule has 94 valence electrons. The molecule has 3 rings (SSSR count). The van der Waals surface area contributed by atoms with Crippen LogP contribution in [0.1, 0.15) is 24.4 Å². The quantitative estimate of drug-likeness (QED) is 0.852. The second-order valence-electron chi connectivity index (χ2n) is 5.29. The fourth-order valence-corrected chi connectivity index (χ4v) is 3.51. The van der Waals surface area contributed by atoms with Crippen LogP contribution >= 0.6 is 11.3 Å². The topological polar surface area (TPSA) is 24.9 Å². The van der Waals surface area contributed by atoms with Crippen molar-refractivity contribution in [2.24, 2.45) is 0 Å². The van der Waals surface area contributed by atoms with E-state index in [1.807, 2.05) is 0 Å². The lowest BCUT2D eigenvalue weighted by atomic mass is 9.86. The fourth-order valence-electron chi connectivity index (χ4n) is 2.29. The summed E-state index contributed by atoms with van der Waals surface area (Å²) in [6.45, 7) is 6.24. The highest BCUT2D eigenvalue weighted by molar-refractivity contribution is 7.15. The van der Waals surface area contributed by atoms with E-state index < -0.39 is 0 Å². The highest BCUT2D eigenvalue weighted by Crippen LogP contribution is 2.36. The van der Waals surface area contributed by atoms with E-state index in [1.54, 1.807) is 23.5 Å². The number of hydrogen-bond donors (Lipinski definition) is 1. The van der Waals surface area contributed by atoms with E-state index in [4.69, 9.17) is 4.98 Å². The molecular weight excluding hydrogens is 247 g/mol. The van der Waals surface area contributed by atoms with Crippen molar-refractivity contribution in [2.45, 2.75) is 25.8 Å². The van der Waals surface area contributed by atoms with Gasteiger partial charge in [-0.15, -0.1) is 11.3 Å². The maximum absolute atomic E-state index is 12.9. The Morgan fingerprint density at radius 2 is 2.00 bits per heavy atom. The third kappa shape index (κ3) is 1.95. The molecule has 2 aromatic rings. The highest BCUT2D eigenvalue weighted by Gasteiger charge is 2.31. The van der Waals surface area contributed by atoms with Crippen LogP contribution < -0.4 is 5.32 Å². The molecule has 0 saturated heterocycles. The van der Waals surface area contributed by atoms with Gasteiger partial charge < -0.3 is 5.32 Å². The molecule has 0 amide bonds. The van der Waals surface area contributed by atoms with E-state index in [0.717, 1.165) is 23.7 Å². The molecule has 0 bridgehead atoms. The van der Waals surface area contributed by atoms with Crippen LogP contribution in [-0.2, 0) is 12.0 Å². The first-order valence-electron chi connectivity index (χ1n) is 6.03. The molecule has 2 heterocycles. The number of thiazole rings is 1. The summed E-state index contributed by atoms with van der Waals surface area (Å²) >= 11 is 1.70. The summed E-state index contributed by atoms with van der Waals surface area (Å²) in [5, 5.41) is 4.40. The lowest BCUT2D eigenvalue weighted by Gasteiger charge is -2.28. The van der Waals surface area contributed by atoms with Crippen LogP contribution in [0.3, 0.4) is 0 Å². The summed E-state index contributed by atoms with van der Waals surface area (Å²) in [4.78, 5) is 6.06. The highest BCUT2D eigenvalue weighted by atomic mass is 32.1. The molecule has 0 saturated carbocycles. The maximum Gasteiger partial charge on any atom is 0.123 e. The molecule has 0 unspecified atom stereocenters. The van der Waals surface area contributed by atoms with Crippen molar-refractivity contribution >= 4 is 11.3 Å². The summed E-state index contributed by atoms with van der Waals surface area (Å²) in [5.74, 6) is -0.206. The first-order valence-corrected chi connectivity index (χ1v) is 6.85. The minimum absolute atomic E-state index is 0.0718. The van der Waals surface area contributed by atoms with Gasteiger partial charge in [-0.1, -0.05) is 13.8 Å². The number of halogens is 1. The first kappa shape index (κ1) is 11.8. The number of fused-ring (bicyclic) bond motifs is 1. The van der Waals surface area contributed by atoms with Crippen LogP contribution in [-0.4, -0.2) is 11.5 Å². The molecule has 4 heteroatoms. The van der Waals surface area contributed by atoms with Crippen molar-refractivity contribution in [1.29, 1.82) is 0 Å². The SMILES string of the molecule is CC1(C)CNCc2sc(-c3ccc(F)cc3)nc21. The summed E-state index contributed by atoms with van der Waals surface area (Å²) in [5.41, 5.74) is 2.25. The van der Waals surface area contributed by atoms with E-state index in [0.29, 0.717) is 0 Å². The molecular formula is C14H15FN2S. The summed E-state index contributed by atoms with van der Waals surface area (Å²) in [6.07, 6.45) is 0. The van der Waals surface area contributed by atoms with Crippen molar-refractivity contribution in [3.8, 4) is 10.6 Å². The molecule has 1 aliphatic heterocycles. The summed E-state index contributed by atoms with van der Waals surface area (Å²) < 4.78 is 12.9. The van der Waals surface area contributed by atoms with Crippen LogP contribution in [0.2, 0.25) is 0 Å². The summed E-state index contributed by atoms with van der Waals surface area (Å²) in [7, 11) is 0. The predicted octanol–water partition coefficient (Wildman–Crippen LogP) is 3.33. The van der Waals surface area contributed by atoms with Crippen molar-refractivity contribution in [3.63, 3.8) is 0 Å². The van der Waals surface area contributed by atoms with Gasteiger partial charge in [-0.2, -0.15) is 0 Å². The Morgan fingerprint density at radius 1 is 1.28 bits per heavy atom. The lowest BCUT2D eigenvalue weighted by Crippen LogP contribution is -2.38. The average Bonchev–Trinajstić information content (AvgIpc) is 2.75. The van der Waals surface area contributed by atoms with Gasteiger partial charge in [0.25, 0.3) is 0 Å². The second-order valence-corrected chi connectivity index (χ2v) is 6.37. The monoisotopic (exact) mass is 262 g/mol. The van der Waals surface area contributed by atoms with Crippen molar-refractivity contribution in [3.05, 3.63) is 40.7 Å². The normalized spacial score (nSPS) is 17.5. The molecule has 18 heavy (non-hydrogen) atoms. The van der Waals surface area contributed by atoms with E-state index >= 15 is 0 Å². The van der Waals surface area contributed by atoms with Gasteiger partial charge in [0.2, 0.25) is 0 Å². The van der Waals surface area contributed by atoms with E-state index in [9.17, 15) is 4.39 Å². The van der Waals surface area contributed by atoms with Gasteiger partial charge in [0.15, 0.2) is 0 Å². The Kier molecular flexibility index (Phi) is 2.72. The number of rotatable bonds is 1. The Hall–Kier alpha value is -1.26. The van der Waals surface area contributed by atoms with Crippen LogP contribution in [0, 0.1) is 5.82 Å². The molecule has 0 radical (unpaired) electrons. The third-order valence-electron chi connectivity index (χ3n) is 3.28. The van der Waals surface area contributed by atoms with E-state index in [2.05, 4.69) is 19.2 Å². The molecule has 0 spiro atoms. The molecule has 0 atom stereocenters. The third-order valence-corrected chi connectivity index (χ3v) is 4.39. The minimum Gasteiger partial charge on any atom is -0.311 e. The zero-order valence-corrected chi connectivity index (χ0v) is 11.3. The molecule has 0 fully saturated rings. The predicted molar refractivity (Wildman–Crippen MR) is 72.2 cm³/mol. The molecule has 1 aromatic carbocycles. The Morgan fingerprint density at radius 3 is 2.67 bits per heavy atom. The minimum atomic E-state index is -0.206.